The number of amides is 2. The largest absolute Gasteiger partial charge is 0.481 e. The Morgan fingerprint density at radius 1 is 1.13 bits per heavy atom. The van der Waals surface area contributed by atoms with Gasteiger partial charge in [0, 0.05) is 36.7 Å². The van der Waals surface area contributed by atoms with E-state index in [9.17, 15) is 18.8 Å². The summed E-state index contributed by atoms with van der Waals surface area (Å²) in [5, 5.41) is 13.8. The van der Waals surface area contributed by atoms with Crippen LogP contribution in [-0.2, 0) is 9.59 Å². The quantitative estimate of drug-likeness (QED) is 0.497. The molecule has 2 fully saturated rings. The monoisotopic (exact) mass is 555 g/mol. The molecule has 2 aliphatic rings. The van der Waals surface area contributed by atoms with Crippen molar-refractivity contribution in [1.82, 2.24) is 24.4 Å². The van der Waals surface area contributed by atoms with Crippen molar-refractivity contribution in [2.45, 2.75) is 52.0 Å². The number of halogens is 2. The molecular formula is C28H31ClFN5O4. The lowest BCUT2D eigenvalue weighted by Gasteiger charge is -2.48. The van der Waals surface area contributed by atoms with Gasteiger partial charge >= 0.3 is 5.97 Å². The smallest absolute Gasteiger partial charge is 0.306 e. The van der Waals surface area contributed by atoms with E-state index in [0.717, 1.165) is 5.56 Å². The Labute approximate surface area is 230 Å². The molecule has 1 saturated carbocycles. The summed E-state index contributed by atoms with van der Waals surface area (Å²) < 4.78 is 15.3. The molecule has 2 aromatic heterocycles. The van der Waals surface area contributed by atoms with Crippen LogP contribution in [0.5, 0.6) is 0 Å². The Kier molecular flexibility index (Phi) is 6.86. The number of piperazine rings is 1. The van der Waals surface area contributed by atoms with Crippen LogP contribution in [0, 0.1) is 17.7 Å². The van der Waals surface area contributed by atoms with Crippen LogP contribution in [0.3, 0.4) is 0 Å². The van der Waals surface area contributed by atoms with Crippen molar-refractivity contribution < 1.29 is 23.9 Å². The Hall–Kier alpha value is -3.53. The number of imidazole rings is 1. The molecule has 9 nitrogen and oxygen atoms in total. The van der Waals surface area contributed by atoms with Crippen molar-refractivity contribution >= 4 is 35.0 Å². The van der Waals surface area contributed by atoms with Gasteiger partial charge in [-0.1, -0.05) is 25.4 Å². The van der Waals surface area contributed by atoms with Crippen molar-refractivity contribution in [2.24, 2.45) is 11.8 Å². The molecule has 1 aliphatic heterocycles. The summed E-state index contributed by atoms with van der Waals surface area (Å²) in [6.45, 7) is 8.93. The molecule has 39 heavy (non-hydrogen) atoms. The summed E-state index contributed by atoms with van der Waals surface area (Å²) in [5.74, 6) is -2.31. The lowest BCUT2D eigenvalue weighted by atomic mass is 9.74. The van der Waals surface area contributed by atoms with Gasteiger partial charge in [-0.3, -0.25) is 14.4 Å². The van der Waals surface area contributed by atoms with Crippen molar-refractivity contribution in [2.75, 3.05) is 19.6 Å². The van der Waals surface area contributed by atoms with Gasteiger partial charge in [0.1, 0.15) is 11.5 Å². The molecule has 0 radical (unpaired) electrons. The van der Waals surface area contributed by atoms with E-state index in [0.29, 0.717) is 49.4 Å². The van der Waals surface area contributed by atoms with E-state index in [1.807, 2.05) is 33.8 Å². The second kappa shape index (κ2) is 9.89. The van der Waals surface area contributed by atoms with Crippen LogP contribution in [0.2, 0.25) is 5.02 Å². The van der Waals surface area contributed by atoms with Crippen molar-refractivity contribution in [3.05, 3.63) is 52.6 Å². The molecule has 0 spiro atoms. The molecule has 0 atom stereocenters. The standard InChI is InChI=1S/C28H31ClFN5O4/c1-15(2)19-12-22(16-5-6-21(30)20(29)11-16)32-35-13-23(31-24(19)35)26(37)34-8-7-33(14-28(34,3)4)25(36)17-9-18(10-17)27(38)39/h5-6,11-13,15,17-18H,7-10,14H2,1-4H3,(H,38,39)/t17-,18+. The van der Waals surface area contributed by atoms with Crippen LogP contribution in [0.4, 0.5) is 4.39 Å². The average Bonchev–Trinajstić information content (AvgIpc) is 3.27. The number of hydrogen-bond acceptors (Lipinski definition) is 5. The minimum atomic E-state index is -0.856. The fraction of sp³-hybridized carbons (Fsp3) is 0.464. The minimum absolute atomic E-state index is 0.000795. The first-order valence-electron chi connectivity index (χ1n) is 13.0. The Bertz CT molecular complexity index is 1480. The Balaban J connectivity index is 1.39. The highest BCUT2D eigenvalue weighted by atomic mass is 35.5. The van der Waals surface area contributed by atoms with E-state index in [1.54, 1.807) is 26.6 Å². The number of aromatic nitrogens is 3. The molecule has 5 rings (SSSR count). The number of carbonyl (C=O) groups excluding carboxylic acids is 2. The summed E-state index contributed by atoms with van der Waals surface area (Å²) in [4.78, 5) is 45.9. The van der Waals surface area contributed by atoms with Gasteiger partial charge in [0.05, 0.1) is 28.4 Å². The summed E-state index contributed by atoms with van der Waals surface area (Å²) >= 11 is 6.00. The van der Waals surface area contributed by atoms with Gasteiger partial charge in [-0.25, -0.2) is 13.9 Å². The maximum absolute atomic E-state index is 13.7. The van der Waals surface area contributed by atoms with Crippen LogP contribution >= 0.6 is 11.6 Å². The predicted octanol–water partition coefficient (Wildman–Crippen LogP) is 4.49. The van der Waals surface area contributed by atoms with Gasteiger partial charge in [-0.15, -0.1) is 0 Å². The average molecular weight is 556 g/mol. The lowest BCUT2D eigenvalue weighted by molar-refractivity contribution is -0.153. The molecule has 11 heteroatoms. The number of carbonyl (C=O) groups is 3. The first-order valence-corrected chi connectivity index (χ1v) is 13.4. The van der Waals surface area contributed by atoms with Crippen LogP contribution in [0.15, 0.2) is 30.5 Å². The topological polar surface area (TPSA) is 108 Å². The molecule has 206 valence electrons. The first-order chi connectivity index (χ1) is 18.4. The van der Waals surface area contributed by atoms with Gasteiger partial charge in [0.2, 0.25) is 5.91 Å². The highest BCUT2D eigenvalue weighted by Crippen LogP contribution is 2.36. The molecule has 0 bridgehead atoms. The van der Waals surface area contributed by atoms with E-state index in [4.69, 9.17) is 16.7 Å². The Morgan fingerprint density at radius 2 is 1.85 bits per heavy atom. The number of aliphatic carboxylic acids is 1. The zero-order valence-corrected chi connectivity index (χ0v) is 23.1. The molecule has 1 saturated heterocycles. The highest BCUT2D eigenvalue weighted by Gasteiger charge is 2.45. The minimum Gasteiger partial charge on any atom is -0.481 e. The summed E-state index contributed by atoms with van der Waals surface area (Å²) in [5.41, 5.74) is 2.27. The molecular weight excluding hydrogens is 525 g/mol. The Morgan fingerprint density at radius 3 is 2.46 bits per heavy atom. The molecule has 0 unspecified atom stereocenters. The summed E-state index contributed by atoms with van der Waals surface area (Å²) in [7, 11) is 0. The maximum Gasteiger partial charge on any atom is 0.306 e. The molecule has 1 aliphatic carbocycles. The third kappa shape index (κ3) is 4.97. The van der Waals surface area contributed by atoms with Gasteiger partial charge in [0.15, 0.2) is 5.65 Å². The molecule has 3 aromatic rings. The fourth-order valence-corrected chi connectivity index (χ4v) is 5.64. The fourth-order valence-electron chi connectivity index (χ4n) is 5.46. The van der Waals surface area contributed by atoms with E-state index in [1.165, 1.54) is 12.1 Å². The maximum atomic E-state index is 13.7. The summed E-state index contributed by atoms with van der Waals surface area (Å²) in [6.07, 6.45) is 2.34. The molecule has 3 heterocycles. The van der Waals surface area contributed by atoms with E-state index in [-0.39, 0.29) is 34.4 Å². The number of benzene rings is 1. The highest BCUT2D eigenvalue weighted by molar-refractivity contribution is 6.31. The van der Waals surface area contributed by atoms with Crippen LogP contribution < -0.4 is 0 Å². The van der Waals surface area contributed by atoms with Crippen molar-refractivity contribution in [3.8, 4) is 11.3 Å². The molecule has 1 aromatic carbocycles. The number of hydrogen-bond donors (Lipinski definition) is 1. The number of rotatable bonds is 5. The van der Waals surface area contributed by atoms with E-state index in [2.05, 4.69) is 10.1 Å². The normalized spacial score (nSPS) is 20.8. The lowest BCUT2D eigenvalue weighted by Crippen LogP contribution is -2.63. The SMILES string of the molecule is CC(C)c1cc(-c2ccc(F)c(Cl)c2)nn2cc(C(=O)N3CCN(C(=O)[C@H]4C[C@@H](C(=O)O)C4)CC3(C)C)nc12. The number of fused-ring (bicyclic) bond motifs is 1. The third-order valence-electron chi connectivity index (χ3n) is 7.81. The number of nitrogens with zero attached hydrogens (tertiary/aromatic N) is 5. The molecule has 2 amide bonds. The van der Waals surface area contributed by atoms with Crippen LogP contribution in [0.25, 0.3) is 16.9 Å². The number of carboxylic acids is 1. The van der Waals surface area contributed by atoms with Crippen LogP contribution in [0.1, 0.15) is 62.5 Å². The van der Waals surface area contributed by atoms with Gasteiger partial charge in [-0.05, 0) is 56.9 Å². The zero-order chi connectivity index (χ0) is 28.2. The first kappa shape index (κ1) is 27.1. The third-order valence-corrected chi connectivity index (χ3v) is 8.10. The van der Waals surface area contributed by atoms with Gasteiger partial charge in [-0.2, -0.15) is 5.10 Å². The van der Waals surface area contributed by atoms with Crippen molar-refractivity contribution in [3.63, 3.8) is 0 Å². The number of carboxylic acid groups (broad SMARTS) is 1. The molecule has 1 N–H and O–H groups in total. The summed E-state index contributed by atoms with van der Waals surface area (Å²) in [6, 6.07) is 6.31. The van der Waals surface area contributed by atoms with Gasteiger partial charge < -0.3 is 14.9 Å². The zero-order valence-electron chi connectivity index (χ0n) is 22.3. The second-order valence-electron chi connectivity index (χ2n) is 11.4. The van der Waals surface area contributed by atoms with Crippen molar-refractivity contribution in [1.29, 1.82) is 0 Å². The van der Waals surface area contributed by atoms with Crippen LogP contribution in [-0.4, -0.2) is 72.5 Å². The second-order valence-corrected chi connectivity index (χ2v) is 11.8. The van der Waals surface area contributed by atoms with Gasteiger partial charge in [0.25, 0.3) is 5.91 Å². The predicted molar refractivity (Wildman–Crippen MR) is 143 cm³/mol. The van der Waals surface area contributed by atoms with E-state index >= 15 is 0 Å². The van der Waals surface area contributed by atoms with E-state index < -0.39 is 23.2 Å².